The molecular formula is C17H21FN4O2. The molecule has 0 bridgehead atoms. The van der Waals surface area contributed by atoms with E-state index >= 15 is 0 Å². The van der Waals surface area contributed by atoms with Gasteiger partial charge in [-0.1, -0.05) is 6.07 Å². The molecule has 1 amide bonds. The highest BCUT2D eigenvalue weighted by atomic mass is 19.1. The SMILES string of the molecule is O=C(NCCOc1cccc(F)c1)c1ccn(C2CCCNC2)n1. The Morgan fingerprint density at radius 1 is 1.46 bits per heavy atom. The van der Waals surface area contributed by atoms with Gasteiger partial charge in [-0.2, -0.15) is 5.10 Å². The van der Waals surface area contributed by atoms with Gasteiger partial charge in [-0.25, -0.2) is 4.39 Å². The second-order valence-electron chi connectivity index (χ2n) is 5.74. The van der Waals surface area contributed by atoms with E-state index in [4.69, 9.17) is 4.74 Å². The Hall–Kier alpha value is -2.41. The van der Waals surface area contributed by atoms with Crippen molar-refractivity contribution >= 4 is 5.91 Å². The summed E-state index contributed by atoms with van der Waals surface area (Å²) in [5, 5.41) is 10.4. The fourth-order valence-electron chi connectivity index (χ4n) is 2.70. The lowest BCUT2D eigenvalue weighted by atomic mass is 10.1. The van der Waals surface area contributed by atoms with Crippen molar-refractivity contribution in [3.63, 3.8) is 0 Å². The lowest BCUT2D eigenvalue weighted by Gasteiger charge is -2.22. The van der Waals surface area contributed by atoms with Crippen LogP contribution < -0.4 is 15.4 Å². The molecule has 128 valence electrons. The highest BCUT2D eigenvalue weighted by Crippen LogP contribution is 2.15. The summed E-state index contributed by atoms with van der Waals surface area (Å²) in [5.74, 6) is -0.141. The van der Waals surface area contributed by atoms with Crippen LogP contribution in [0.4, 0.5) is 4.39 Å². The van der Waals surface area contributed by atoms with E-state index in [1.165, 1.54) is 12.1 Å². The van der Waals surface area contributed by atoms with Gasteiger partial charge in [0.1, 0.15) is 23.9 Å². The molecule has 0 spiro atoms. The largest absolute Gasteiger partial charge is 0.492 e. The number of hydrogen-bond donors (Lipinski definition) is 2. The Morgan fingerprint density at radius 3 is 3.17 bits per heavy atom. The first kappa shape index (κ1) is 16.4. The smallest absolute Gasteiger partial charge is 0.271 e. The molecule has 1 aromatic carbocycles. The Labute approximate surface area is 140 Å². The second kappa shape index (κ2) is 7.92. The number of ether oxygens (including phenoxy) is 1. The molecule has 24 heavy (non-hydrogen) atoms. The van der Waals surface area contributed by atoms with Gasteiger partial charge in [-0.3, -0.25) is 9.48 Å². The van der Waals surface area contributed by atoms with E-state index in [1.807, 2.05) is 10.9 Å². The maximum absolute atomic E-state index is 13.0. The number of hydrogen-bond acceptors (Lipinski definition) is 4. The van der Waals surface area contributed by atoms with Crippen molar-refractivity contribution in [3.05, 3.63) is 48.0 Å². The van der Waals surface area contributed by atoms with Crippen LogP contribution >= 0.6 is 0 Å². The number of piperidine rings is 1. The average molecular weight is 332 g/mol. The molecule has 1 aliphatic heterocycles. The van der Waals surface area contributed by atoms with Crippen LogP contribution in [0.1, 0.15) is 29.4 Å². The van der Waals surface area contributed by atoms with Crippen molar-refractivity contribution in [3.8, 4) is 5.75 Å². The molecule has 3 rings (SSSR count). The predicted octanol–water partition coefficient (Wildman–Crippen LogP) is 1.76. The third-order valence-electron chi connectivity index (χ3n) is 3.94. The van der Waals surface area contributed by atoms with E-state index in [2.05, 4.69) is 15.7 Å². The molecule has 1 aromatic heterocycles. The molecule has 1 atom stereocenters. The van der Waals surface area contributed by atoms with Gasteiger partial charge >= 0.3 is 0 Å². The van der Waals surface area contributed by atoms with Gasteiger partial charge in [-0.05, 0) is 37.6 Å². The summed E-state index contributed by atoms with van der Waals surface area (Å²) in [6.45, 7) is 2.51. The van der Waals surface area contributed by atoms with Gasteiger partial charge in [-0.15, -0.1) is 0 Å². The normalized spacial score (nSPS) is 17.5. The Morgan fingerprint density at radius 2 is 2.38 bits per heavy atom. The second-order valence-corrected chi connectivity index (χ2v) is 5.74. The Balaban J connectivity index is 1.44. The Kier molecular flexibility index (Phi) is 5.43. The third-order valence-corrected chi connectivity index (χ3v) is 3.94. The highest BCUT2D eigenvalue weighted by Gasteiger charge is 2.17. The molecule has 1 saturated heterocycles. The fraction of sp³-hybridized carbons (Fsp3) is 0.412. The summed E-state index contributed by atoms with van der Waals surface area (Å²) in [4.78, 5) is 12.1. The maximum Gasteiger partial charge on any atom is 0.271 e. The van der Waals surface area contributed by atoms with Gasteiger partial charge < -0.3 is 15.4 Å². The molecule has 2 heterocycles. The number of carbonyl (C=O) groups excluding carboxylic acids is 1. The summed E-state index contributed by atoms with van der Waals surface area (Å²) in [7, 11) is 0. The maximum atomic E-state index is 13.0. The van der Waals surface area contributed by atoms with Crippen molar-refractivity contribution in [1.29, 1.82) is 0 Å². The number of halogens is 1. The van der Waals surface area contributed by atoms with Crippen molar-refractivity contribution in [1.82, 2.24) is 20.4 Å². The molecule has 2 aromatic rings. The molecule has 2 N–H and O–H groups in total. The monoisotopic (exact) mass is 332 g/mol. The first-order chi connectivity index (χ1) is 11.7. The number of rotatable bonds is 6. The summed E-state index contributed by atoms with van der Waals surface area (Å²) in [6.07, 6.45) is 4.02. The standard InChI is InChI=1S/C17H21FN4O2/c18-13-3-1-5-15(11-13)24-10-8-20-17(23)16-6-9-22(21-16)14-4-2-7-19-12-14/h1,3,5-6,9,11,14,19H,2,4,7-8,10,12H2,(H,20,23). The van der Waals surface area contributed by atoms with Gasteiger partial charge in [0.2, 0.25) is 0 Å². The number of nitrogens with one attached hydrogen (secondary N) is 2. The van der Waals surface area contributed by atoms with Crippen LogP contribution in [0.5, 0.6) is 5.75 Å². The zero-order valence-electron chi connectivity index (χ0n) is 13.4. The van der Waals surface area contributed by atoms with Crippen molar-refractivity contribution < 1.29 is 13.9 Å². The van der Waals surface area contributed by atoms with Crippen LogP contribution in [-0.2, 0) is 0 Å². The summed E-state index contributed by atoms with van der Waals surface area (Å²) < 4.78 is 20.3. The van der Waals surface area contributed by atoms with Crippen LogP contribution in [0.25, 0.3) is 0 Å². The van der Waals surface area contributed by atoms with E-state index in [-0.39, 0.29) is 18.3 Å². The topological polar surface area (TPSA) is 68.2 Å². The average Bonchev–Trinajstić information content (AvgIpc) is 3.10. The van der Waals surface area contributed by atoms with Gasteiger partial charge in [0, 0.05) is 18.8 Å². The van der Waals surface area contributed by atoms with Crippen molar-refractivity contribution in [2.24, 2.45) is 0 Å². The minimum Gasteiger partial charge on any atom is -0.492 e. The van der Waals surface area contributed by atoms with E-state index in [1.54, 1.807) is 18.2 Å². The van der Waals surface area contributed by atoms with Crippen LogP contribution in [0, 0.1) is 5.82 Å². The quantitative estimate of drug-likeness (QED) is 0.791. The molecule has 1 fully saturated rings. The van der Waals surface area contributed by atoms with Crippen molar-refractivity contribution in [2.75, 3.05) is 26.2 Å². The minimum absolute atomic E-state index is 0.236. The van der Waals surface area contributed by atoms with E-state index in [9.17, 15) is 9.18 Å². The van der Waals surface area contributed by atoms with E-state index in [0.717, 1.165) is 25.9 Å². The first-order valence-electron chi connectivity index (χ1n) is 8.15. The highest BCUT2D eigenvalue weighted by molar-refractivity contribution is 5.92. The zero-order chi connectivity index (χ0) is 16.8. The molecule has 0 aliphatic carbocycles. The van der Waals surface area contributed by atoms with Crippen LogP contribution in [0.3, 0.4) is 0 Å². The number of amides is 1. The molecule has 0 saturated carbocycles. The van der Waals surface area contributed by atoms with Crippen molar-refractivity contribution in [2.45, 2.75) is 18.9 Å². The fourth-order valence-corrected chi connectivity index (χ4v) is 2.70. The molecule has 0 radical (unpaired) electrons. The lowest BCUT2D eigenvalue weighted by Crippen LogP contribution is -2.32. The van der Waals surface area contributed by atoms with Gasteiger partial charge in [0.05, 0.1) is 12.6 Å². The van der Waals surface area contributed by atoms with Crippen LogP contribution in [-0.4, -0.2) is 41.9 Å². The Bertz CT molecular complexity index is 683. The number of nitrogens with zero attached hydrogens (tertiary/aromatic N) is 2. The minimum atomic E-state index is -0.348. The van der Waals surface area contributed by atoms with E-state index < -0.39 is 0 Å². The molecule has 1 unspecified atom stereocenters. The molecule has 6 nitrogen and oxygen atoms in total. The number of benzene rings is 1. The summed E-state index contributed by atoms with van der Waals surface area (Å²) in [6, 6.07) is 7.93. The lowest BCUT2D eigenvalue weighted by molar-refractivity contribution is 0.0940. The number of aromatic nitrogens is 2. The summed E-state index contributed by atoms with van der Waals surface area (Å²) in [5.41, 5.74) is 0.395. The molecular weight excluding hydrogens is 311 g/mol. The van der Waals surface area contributed by atoms with E-state index in [0.29, 0.717) is 24.0 Å². The molecule has 7 heteroatoms. The third kappa shape index (κ3) is 4.32. The summed E-state index contributed by atoms with van der Waals surface area (Å²) >= 11 is 0. The molecule has 1 aliphatic rings. The predicted molar refractivity (Wildman–Crippen MR) is 87.6 cm³/mol. The van der Waals surface area contributed by atoms with Crippen LogP contribution in [0.15, 0.2) is 36.5 Å². The van der Waals surface area contributed by atoms with Gasteiger partial charge in [0.25, 0.3) is 5.91 Å². The zero-order valence-corrected chi connectivity index (χ0v) is 13.4. The first-order valence-corrected chi connectivity index (χ1v) is 8.15. The van der Waals surface area contributed by atoms with Gasteiger partial charge in [0.15, 0.2) is 0 Å². The van der Waals surface area contributed by atoms with Crippen LogP contribution in [0.2, 0.25) is 0 Å². The number of carbonyl (C=O) groups is 1.